The summed E-state index contributed by atoms with van der Waals surface area (Å²) in [5.41, 5.74) is 2.85. The molecule has 0 saturated carbocycles. The summed E-state index contributed by atoms with van der Waals surface area (Å²) in [5.74, 6) is 0.271. The lowest BCUT2D eigenvalue weighted by Gasteiger charge is -2.16. The molecule has 3 rings (SSSR count). The third-order valence-electron chi connectivity index (χ3n) is 3.79. The van der Waals surface area contributed by atoms with Crippen LogP contribution in [-0.4, -0.2) is 25.8 Å². The van der Waals surface area contributed by atoms with Crippen LogP contribution in [0.4, 0.5) is 0 Å². The summed E-state index contributed by atoms with van der Waals surface area (Å²) in [4.78, 5) is 29.7. The number of nitrogens with zero attached hydrogens (tertiary/aromatic N) is 4. The van der Waals surface area contributed by atoms with E-state index in [0.29, 0.717) is 17.1 Å². The molecule has 0 unspecified atom stereocenters. The zero-order valence-electron chi connectivity index (χ0n) is 14.2. The van der Waals surface area contributed by atoms with Crippen LogP contribution in [-0.2, 0) is 0 Å². The molecule has 126 valence electrons. The molecule has 6 nitrogen and oxygen atoms in total. The van der Waals surface area contributed by atoms with Gasteiger partial charge >= 0.3 is 0 Å². The molecule has 0 aliphatic carbocycles. The minimum absolute atomic E-state index is 0.150. The van der Waals surface area contributed by atoms with Crippen molar-refractivity contribution in [3.63, 3.8) is 0 Å². The molecule has 0 aliphatic heterocycles. The fraction of sp³-hybridized carbons (Fsp3) is 0.211. The van der Waals surface area contributed by atoms with Crippen molar-refractivity contribution < 1.29 is 4.79 Å². The van der Waals surface area contributed by atoms with Gasteiger partial charge in [-0.3, -0.25) is 14.8 Å². The van der Waals surface area contributed by atoms with Crippen LogP contribution in [0.1, 0.15) is 41.1 Å². The lowest BCUT2D eigenvalue weighted by molar-refractivity contribution is 0.0934. The first kappa shape index (κ1) is 16.7. The molecule has 1 N–H and O–H groups in total. The van der Waals surface area contributed by atoms with Crippen molar-refractivity contribution in [2.24, 2.45) is 0 Å². The maximum atomic E-state index is 12.5. The van der Waals surface area contributed by atoms with Crippen molar-refractivity contribution in [3.05, 3.63) is 71.9 Å². The normalized spacial score (nSPS) is 11.8. The second-order valence-corrected chi connectivity index (χ2v) is 5.65. The Morgan fingerprint density at radius 1 is 1.08 bits per heavy atom. The van der Waals surface area contributed by atoms with Gasteiger partial charge in [0.2, 0.25) is 0 Å². The van der Waals surface area contributed by atoms with Crippen LogP contribution in [0.2, 0.25) is 0 Å². The third kappa shape index (κ3) is 4.03. The second kappa shape index (κ2) is 7.61. The number of carbonyl (C=O) groups excluding carboxylic acids is 1. The summed E-state index contributed by atoms with van der Waals surface area (Å²) in [6.45, 7) is 3.94. The van der Waals surface area contributed by atoms with Gasteiger partial charge in [0, 0.05) is 24.3 Å². The number of rotatable bonds is 5. The SMILES string of the molecule is CC[C@@H](NC(=O)c1cnc(-c2ccccn2)nc1)c1cccc(C)n1. The van der Waals surface area contributed by atoms with Gasteiger partial charge in [-0.2, -0.15) is 0 Å². The molecule has 3 aromatic heterocycles. The summed E-state index contributed by atoms with van der Waals surface area (Å²) in [5, 5.41) is 2.99. The zero-order valence-corrected chi connectivity index (χ0v) is 14.2. The summed E-state index contributed by atoms with van der Waals surface area (Å²) >= 11 is 0. The maximum absolute atomic E-state index is 12.5. The highest BCUT2D eigenvalue weighted by Crippen LogP contribution is 2.16. The predicted molar refractivity (Wildman–Crippen MR) is 94.7 cm³/mol. The lowest BCUT2D eigenvalue weighted by Crippen LogP contribution is -2.29. The molecule has 0 bridgehead atoms. The summed E-state index contributed by atoms with van der Waals surface area (Å²) in [6.07, 6.45) is 5.46. The van der Waals surface area contributed by atoms with Crippen molar-refractivity contribution in [2.75, 3.05) is 0 Å². The summed E-state index contributed by atoms with van der Waals surface area (Å²) < 4.78 is 0. The van der Waals surface area contributed by atoms with E-state index >= 15 is 0 Å². The Morgan fingerprint density at radius 3 is 2.52 bits per heavy atom. The zero-order chi connectivity index (χ0) is 17.6. The largest absolute Gasteiger partial charge is 0.344 e. The Morgan fingerprint density at radius 2 is 1.88 bits per heavy atom. The van der Waals surface area contributed by atoms with E-state index in [2.05, 4.69) is 25.3 Å². The first-order chi connectivity index (χ1) is 12.2. The number of hydrogen-bond acceptors (Lipinski definition) is 5. The number of nitrogens with one attached hydrogen (secondary N) is 1. The quantitative estimate of drug-likeness (QED) is 0.776. The average molecular weight is 333 g/mol. The first-order valence-corrected chi connectivity index (χ1v) is 8.15. The molecule has 1 amide bonds. The molecule has 0 radical (unpaired) electrons. The van der Waals surface area contributed by atoms with Crippen molar-refractivity contribution in [2.45, 2.75) is 26.3 Å². The standard InChI is InChI=1S/C19H19N5O/c1-3-15(16-9-6-7-13(2)23-16)24-19(25)14-11-21-18(22-12-14)17-8-4-5-10-20-17/h4-12,15H,3H2,1-2H3,(H,24,25)/t15-/m1/s1. The fourth-order valence-corrected chi connectivity index (χ4v) is 2.46. The molecule has 0 saturated heterocycles. The Labute approximate surface area is 146 Å². The molecule has 0 fully saturated rings. The summed E-state index contributed by atoms with van der Waals surface area (Å²) in [7, 11) is 0. The Balaban J connectivity index is 1.74. The Hall–Kier alpha value is -3.15. The van der Waals surface area contributed by atoms with Crippen LogP contribution in [0.25, 0.3) is 11.5 Å². The van der Waals surface area contributed by atoms with E-state index in [0.717, 1.165) is 17.8 Å². The highest BCUT2D eigenvalue weighted by molar-refractivity contribution is 5.93. The van der Waals surface area contributed by atoms with Gasteiger partial charge in [-0.15, -0.1) is 0 Å². The van der Waals surface area contributed by atoms with Crippen molar-refractivity contribution in [1.29, 1.82) is 0 Å². The highest BCUT2D eigenvalue weighted by Gasteiger charge is 2.16. The molecule has 0 aliphatic rings. The van der Waals surface area contributed by atoms with E-state index in [1.807, 2.05) is 50.2 Å². The number of amides is 1. The van der Waals surface area contributed by atoms with Crippen LogP contribution in [0.3, 0.4) is 0 Å². The Bertz CT molecular complexity index is 849. The molecule has 25 heavy (non-hydrogen) atoms. The van der Waals surface area contributed by atoms with E-state index < -0.39 is 0 Å². The van der Waals surface area contributed by atoms with Crippen LogP contribution in [0.5, 0.6) is 0 Å². The van der Waals surface area contributed by atoms with Gasteiger partial charge in [-0.1, -0.05) is 19.1 Å². The van der Waals surface area contributed by atoms with Gasteiger partial charge in [0.25, 0.3) is 5.91 Å². The minimum Gasteiger partial charge on any atom is -0.344 e. The van der Waals surface area contributed by atoms with E-state index in [-0.39, 0.29) is 11.9 Å². The molecule has 0 spiro atoms. The molecular weight excluding hydrogens is 314 g/mol. The molecule has 0 aromatic carbocycles. The third-order valence-corrected chi connectivity index (χ3v) is 3.79. The number of carbonyl (C=O) groups is 1. The van der Waals surface area contributed by atoms with E-state index in [1.54, 1.807) is 6.20 Å². The van der Waals surface area contributed by atoms with Gasteiger partial charge in [0.15, 0.2) is 5.82 Å². The fourth-order valence-electron chi connectivity index (χ4n) is 2.46. The average Bonchev–Trinajstić information content (AvgIpc) is 2.66. The minimum atomic E-state index is -0.220. The predicted octanol–water partition coefficient (Wildman–Crippen LogP) is 3.12. The first-order valence-electron chi connectivity index (χ1n) is 8.15. The van der Waals surface area contributed by atoms with Gasteiger partial charge in [0.1, 0.15) is 5.69 Å². The number of pyridine rings is 2. The molecule has 6 heteroatoms. The summed E-state index contributed by atoms with van der Waals surface area (Å²) in [6, 6.07) is 11.2. The lowest BCUT2D eigenvalue weighted by atomic mass is 10.1. The number of aryl methyl sites for hydroxylation is 1. The van der Waals surface area contributed by atoms with Crippen molar-refractivity contribution in [3.8, 4) is 11.5 Å². The topological polar surface area (TPSA) is 80.7 Å². The highest BCUT2D eigenvalue weighted by atomic mass is 16.1. The van der Waals surface area contributed by atoms with E-state index in [4.69, 9.17) is 0 Å². The Kier molecular flexibility index (Phi) is 5.09. The van der Waals surface area contributed by atoms with Crippen LogP contribution >= 0.6 is 0 Å². The number of hydrogen-bond donors (Lipinski definition) is 1. The van der Waals surface area contributed by atoms with Crippen molar-refractivity contribution in [1.82, 2.24) is 25.3 Å². The van der Waals surface area contributed by atoms with Gasteiger partial charge in [0.05, 0.1) is 17.3 Å². The molecular formula is C19H19N5O. The van der Waals surface area contributed by atoms with E-state index in [9.17, 15) is 4.79 Å². The number of aromatic nitrogens is 4. The van der Waals surface area contributed by atoms with Gasteiger partial charge < -0.3 is 5.32 Å². The van der Waals surface area contributed by atoms with Crippen LogP contribution < -0.4 is 5.32 Å². The van der Waals surface area contributed by atoms with E-state index in [1.165, 1.54) is 12.4 Å². The van der Waals surface area contributed by atoms with Gasteiger partial charge in [-0.25, -0.2) is 9.97 Å². The van der Waals surface area contributed by atoms with Crippen LogP contribution in [0, 0.1) is 6.92 Å². The maximum Gasteiger partial charge on any atom is 0.254 e. The second-order valence-electron chi connectivity index (χ2n) is 5.65. The van der Waals surface area contributed by atoms with Crippen LogP contribution in [0.15, 0.2) is 55.0 Å². The smallest absolute Gasteiger partial charge is 0.254 e. The monoisotopic (exact) mass is 333 g/mol. The molecule has 3 heterocycles. The molecule has 3 aromatic rings. The van der Waals surface area contributed by atoms with Gasteiger partial charge in [-0.05, 0) is 37.6 Å². The molecule has 1 atom stereocenters. The van der Waals surface area contributed by atoms with Crippen molar-refractivity contribution >= 4 is 5.91 Å².